The van der Waals surface area contributed by atoms with Crippen molar-refractivity contribution in [1.82, 2.24) is 4.31 Å². The molecule has 0 saturated carbocycles. The average molecular weight is 396 g/mol. The Kier molecular flexibility index (Phi) is 5.87. The van der Waals surface area contributed by atoms with Crippen molar-refractivity contribution < 1.29 is 18.1 Å². The SMILES string of the molecule is COc1ccc(C)cc1C[NH+]1CCN(S(=O)(=O)c2ccc(Cl)cc2)CC1. The van der Waals surface area contributed by atoms with Crippen LogP contribution in [0.3, 0.4) is 0 Å². The van der Waals surface area contributed by atoms with E-state index in [4.69, 9.17) is 16.3 Å². The summed E-state index contributed by atoms with van der Waals surface area (Å²) in [5.74, 6) is 0.888. The molecule has 0 aliphatic carbocycles. The highest BCUT2D eigenvalue weighted by Crippen LogP contribution is 2.20. The Morgan fingerprint density at radius 3 is 2.38 bits per heavy atom. The van der Waals surface area contributed by atoms with Gasteiger partial charge in [0, 0.05) is 10.6 Å². The van der Waals surface area contributed by atoms with E-state index in [-0.39, 0.29) is 0 Å². The molecular weight excluding hydrogens is 372 g/mol. The Balaban J connectivity index is 1.66. The number of methoxy groups -OCH3 is 1. The van der Waals surface area contributed by atoms with Crippen LogP contribution in [0.15, 0.2) is 47.4 Å². The highest BCUT2D eigenvalue weighted by molar-refractivity contribution is 7.89. The molecule has 1 saturated heterocycles. The Hall–Kier alpha value is -1.60. The van der Waals surface area contributed by atoms with Crippen molar-refractivity contribution in [2.45, 2.75) is 18.4 Å². The molecule has 1 N–H and O–H groups in total. The minimum atomic E-state index is -3.46. The minimum Gasteiger partial charge on any atom is -0.496 e. The summed E-state index contributed by atoms with van der Waals surface area (Å²) in [4.78, 5) is 1.65. The highest BCUT2D eigenvalue weighted by Gasteiger charge is 2.30. The number of sulfonamides is 1. The van der Waals surface area contributed by atoms with Crippen LogP contribution in [-0.2, 0) is 16.6 Å². The summed E-state index contributed by atoms with van der Waals surface area (Å²) in [6, 6.07) is 12.5. The molecule has 3 rings (SSSR count). The van der Waals surface area contributed by atoms with Crippen molar-refractivity contribution >= 4 is 21.6 Å². The maximum absolute atomic E-state index is 12.8. The van der Waals surface area contributed by atoms with Crippen molar-refractivity contribution in [1.29, 1.82) is 0 Å². The normalized spacial score (nSPS) is 16.6. The molecule has 2 aromatic carbocycles. The number of nitrogens with one attached hydrogen (secondary N) is 1. The summed E-state index contributed by atoms with van der Waals surface area (Å²) in [5, 5.41) is 0.533. The van der Waals surface area contributed by atoms with Crippen molar-refractivity contribution in [2.24, 2.45) is 0 Å². The van der Waals surface area contributed by atoms with Crippen LogP contribution in [0.1, 0.15) is 11.1 Å². The lowest BCUT2D eigenvalue weighted by molar-refractivity contribution is -0.917. The third-order valence-corrected chi connectivity index (χ3v) is 6.92. The van der Waals surface area contributed by atoms with Crippen LogP contribution in [0.4, 0.5) is 0 Å². The zero-order chi connectivity index (χ0) is 18.7. The van der Waals surface area contributed by atoms with E-state index in [1.807, 2.05) is 12.1 Å². The smallest absolute Gasteiger partial charge is 0.243 e. The van der Waals surface area contributed by atoms with Crippen LogP contribution in [0, 0.1) is 6.92 Å². The van der Waals surface area contributed by atoms with Crippen LogP contribution < -0.4 is 9.64 Å². The Morgan fingerprint density at radius 1 is 1.12 bits per heavy atom. The van der Waals surface area contributed by atoms with Gasteiger partial charge in [0.05, 0.1) is 38.2 Å². The standard InChI is InChI=1S/C19H23ClN2O3S/c1-15-3-8-19(25-2)16(13-15)14-21-9-11-22(12-10-21)26(23,24)18-6-4-17(20)5-7-18/h3-8,13H,9-12,14H2,1-2H3/p+1. The number of hydrogen-bond donors (Lipinski definition) is 1. The molecule has 0 spiro atoms. The van der Waals surface area contributed by atoms with Crippen LogP contribution in [0.2, 0.25) is 5.02 Å². The lowest BCUT2D eigenvalue weighted by atomic mass is 10.1. The van der Waals surface area contributed by atoms with Crippen LogP contribution in [-0.4, -0.2) is 46.0 Å². The fraction of sp³-hybridized carbons (Fsp3) is 0.368. The molecule has 1 heterocycles. The monoisotopic (exact) mass is 395 g/mol. The Labute approximate surface area is 160 Å². The first kappa shape index (κ1) is 19.2. The molecule has 0 aromatic heterocycles. The molecule has 1 aliphatic rings. The van der Waals surface area contributed by atoms with E-state index in [2.05, 4.69) is 13.0 Å². The second kappa shape index (κ2) is 7.96. The number of quaternary nitrogens is 1. The fourth-order valence-corrected chi connectivity index (χ4v) is 4.86. The molecule has 0 bridgehead atoms. The molecule has 140 valence electrons. The second-order valence-corrected chi connectivity index (χ2v) is 8.97. The highest BCUT2D eigenvalue weighted by atomic mass is 35.5. The third kappa shape index (κ3) is 4.20. The van der Waals surface area contributed by atoms with Crippen LogP contribution in [0.5, 0.6) is 5.75 Å². The minimum absolute atomic E-state index is 0.297. The molecule has 2 aromatic rings. The molecule has 5 nitrogen and oxygen atoms in total. The first-order valence-corrected chi connectivity index (χ1v) is 10.4. The van der Waals surface area contributed by atoms with Crippen molar-refractivity contribution in [3.63, 3.8) is 0 Å². The lowest BCUT2D eigenvalue weighted by Gasteiger charge is -2.31. The Morgan fingerprint density at radius 2 is 1.77 bits per heavy atom. The van der Waals surface area contributed by atoms with Crippen molar-refractivity contribution in [2.75, 3.05) is 33.3 Å². The first-order chi connectivity index (χ1) is 12.4. The number of aryl methyl sites for hydroxylation is 1. The summed E-state index contributed by atoms with van der Waals surface area (Å²) in [5.41, 5.74) is 2.36. The van der Waals surface area contributed by atoms with E-state index in [0.717, 1.165) is 30.9 Å². The fourth-order valence-electron chi connectivity index (χ4n) is 3.29. The number of hydrogen-bond acceptors (Lipinski definition) is 3. The largest absolute Gasteiger partial charge is 0.496 e. The van der Waals surface area contributed by atoms with Gasteiger partial charge in [-0.1, -0.05) is 23.2 Å². The maximum Gasteiger partial charge on any atom is 0.243 e. The number of nitrogens with zero attached hydrogens (tertiary/aromatic N) is 1. The number of halogens is 1. The zero-order valence-electron chi connectivity index (χ0n) is 15.0. The van der Waals surface area contributed by atoms with Gasteiger partial charge in [-0.05, 0) is 43.3 Å². The quantitative estimate of drug-likeness (QED) is 0.839. The van der Waals surface area contributed by atoms with Gasteiger partial charge in [-0.25, -0.2) is 8.42 Å². The van der Waals surface area contributed by atoms with Gasteiger partial charge in [0.15, 0.2) is 0 Å². The van der Waals surface area contributed by atoms with Gasteiger partial charge in [-0.3, -0.25) is 0 Å². The van der Waals surface area contributed by atoms with Gasteiger partial charge >= 0.3 is 0 Å². The van der Waals surface area contributed by atoms with E-state index in [1.54, 1.807) is 35.7 Å². The summed E-state index contributed by atoms with van der Waals surface area (Å²) < 4.78 is 32.5. The van der Waals surface area contributed by atoms with Gasteiger partial charge < -0.3 is 9.64 Å². The second-order valence-electron chi connectivity index (χ2n) is 6.60. The Bertz CT molecular complexity index is 861. The van der Waals surface area contributed by atoms with Gasteiger partial charge in [0.2, 0.25) is 10.0 Å². The number of rotatable bonds is 5. The van der Waals surface area contributed by atoms with Crippen LogP contribution >= 0.6 is 11.6 Å². The van der Waals surface area contributed by atoms with Crippen molar-refractivity contribution in [3.8, 4) is 5.75 Å². The van der Waals surface area contributed by atoms with E-state index in [9.17, 15) is 8.42 Å². The molecule has 26 heavy (non-hydrogen) atoms. The first-order valence-electron chi connectivity index (χ1n) is 8.63. The summed E-state index contributed by atoms with van der Waals surface area (Å²) >= 11 is 5.86. The lowest BCUT2D eigenvalue weighted by Crippen LogP contribution is -3.13. The van der Waals surface area contributed by atoms with E-state index in [0.29, 0.717) is 23.0 Å². The van der Waals surface area contributed by atoms with Gasteiger partial charge in [-0.2, -0.15) is 4.31 Å². The molecule has 7 heteroatoms. The third-order valence-electron chi connectivity index (χ3n) is 4.76. The van der Waals surface area contributed by atoms with E-state index in [1.165, 1.54) is 10.5 Å². The van der Waals surface area contributed by atoms with Gasteiger partial charge in [0.25, 0.3) is 0 Å². The van der Waals surface area contributed by atoms with Gasteiger partial charge in [-0.15, -0.1) is 0 Å². The predicted molar refractivity (Wildman–Crippen MR) is 102 cm³/mol. The molecule has 1 fully saturated rings. The van der Waals surface area contributed by atoms with E-state index >= 15 is 0 Å². The number of piperazine rings is 1. The maximum atomic E-state index is 12.8. The number of ether oxygens (including phenoxy) is 1. The molecule has 0 unspecified atom stereocenters. The van der Waals surface area contributed by atoms with Crippen LogP contribution in [0.25, 0.3) is 0 Å². The topological polar surface area (TPSA) is 51.1 Å². The summed E-state index contributed by atoms with van der Waals surface area (Å²) in [6.07, 6.45) is 0. The average Bonchev–Trinajstić information content (AvgIpc) is 2.63. The number of benzene rings is 2. The van der Waals surface area contributed by atoms with E-state index < -0.39 is 10.0 Å². The molecule has 0 atom stereocenters. The molecule has 0 amide bonds. The predicted octanol–water partition coefficient (Wildman–Crippen LogP) is 1.75. The molecule has 1 aliphatic heterocycles. The molecular formula is C19H24ClN2O3S+. The molecule has 0 radical (unpaired) electrons. The summed E-state index contributed by atoms with van der Waals surface area (Å²) in [6.45, 7) is 5.45. The van der Waals surface area contributed by atoms with Crippen molar-refractivity contribution in [3.05, 3.63) is 58.6 Å². The zero-order valence-corrected chi connectivity index (χ0v) is 16.6. The summed E-state index contributed by atoms with van der Waals surface area (Å²) in [7, 11) is -1.78. The van der Waals surface area contributed by atoms with Gasteiger partial charge in [0.1, 0.15) is 12.3 Å².